The standard InChI is InChI=1S/C12H14F3N/c13-12(14,15)10-3-1-2-9(8-10)6-7-16-11-4-5-11/h1-3,8,11,16H,4-7H2. The highest BCUT2D eigenvalue weighted by atomic mass is 19.4. The van der Waals surface area contributed by atoms with Crippen LogP contribution in [0.15, 0.2) is 24.3 Å². The van der Waals surface area contributed by atoms with Crippen LogP contribution in [0, 0.1) is 0 Å². The van der Waals surface area contributed by atoms with Crippen LogP contribution in [0.2, 0.25) is 0 Å². The molecule has 88 valence electrons. The smallest absolute Gasteiger partial charge is 0.314 e. The fraction of sp³-hybridized carbons (Fsp3) is 0.500. The summed E-state index contributed by atoms with van der Waals surface area (Å²) in [7, 11) is 0. The molecule has 0 atom stereocenters. The van der Waals surface area contributed by atoms with E-state index in [1.54, 1.807) is 6.07 Å². The molecule has 0 aliphatic heterocycles. The third-order valence-electron chi connectivity index (χ3n) is 2.68. The summed E-state index contributed by atoms with van der Waals surface area (Å²) in [5, 5.41) is 3.28. The van der Waals surface area contributed by atoms with E-state index < -0.39 is 11.7 Å². The van der Waals surface area contributed by atoms with Gasteiger partial charge in [0.2, 0.25) is 0 Å². The van der Waals surface area contributed by atoms with E-state index >= 15 is 0 Å². The largest absolute Gasteiger partial charge is 0.416 e. The quantitative estimate of drug-likeness (QED) is 0.836. The van der Waals surface area contributed by atoms with E-state index in [0.29, 0.717) is 12.5 Å². The number of nitrogens with one attached hydrogen (secondary N) is 1. The second-order valence-electron chi connectivity index (χ2n) is 4.18. The Morgan fingerprint density at radius 3 is 2.62 bits per heavy atom. The van der Waals surface area contributed by atoms with Gasteiger partial charge in [0.1, 0.15) is 0 Å². The van der Waals surface area contributed by atoms with Crippen LogP contribution in [0.25, 0.3) is 0 Å². The minimum atomic E-state index is -4.24. The number of benzene rings is 1. The Morgan fingerprint density at radius 1 is 1.25 bits per heavy atom. The predicted octanol–water partition coefficient (Wildman–Crippen LogP) is 3.00. The third-order valence-corrected chi connectivity index (χ3v) is 2.68. The maximum Gasteiger partial charge on any atom is 0.416 e. The van der Waals surface area contributed by atoms with E-state index in [-0.39, 0.29) is 0 Å². The molecule has 1 N–H and O–H groups in total. The second-order valence-corrected chi connectivity index (χ2v) is 4.18. The summed E-state index contributed by atoms with van der Waals surface area (Å²) in [6, 6.07) is 6.15. The van der Waals surface area contributed by atoms with Gasteiger partial charge >= 0.3 is 6.18 Å². The van der Waals surface area contributed by atoms with E-state index in [2.05, 4.69) is 5.32 Å². The summed E-state index contributed by atoms with van der Waals surface area (Å²) < 4.78 is 37.2. The molecule has 1 fully saturated rings. The lowest BCUT2D eigenvalue weighted by Crippen LogP contribution is -2.19. The van der Waals surface area contributed by atoms with Crippen molar-refractivity contribution in [2.75, 3.05) is 6.54 Å². The molecule has 1 saturated carbocycles. The Balaban J connectivity index is 1.92. The van der Waals surface area contributed by atoms with Crippen molar-refractivity contribution in [3.8, 4) is 0 Å². The number of hydrogen-bond donors (Lipinski definition) is 1. The first-order valence-electron chi connectivity index (χ1n) is 5.45. The molecule has 0 aromatic heterocycles. The summed E-state index contributed by atoms with van der Waals surface area (Å²) in [5.74, 6) is 0. The predicted molar refractivity (Wildman–Crippen MR) is 56.2 cm³/mol. The zero-order valence-electron chi connectivity index (χ0n) is 8.85. The Bertz CT molecular complexity index is 356. The third kappa shape index (κ3) is 3.23. The van der Waals surface area contributed by atoms with E-state index in [9.17, 15) is 13.2 Å². The molecule has 0 saturated heterocycles. The van der Waals surface area contributed by atoms with Crippen molar-refractivity contribution in [2.24, 2.45) is 0 Å². The van der Waals surface area contributed by atoms with Gasteiger partial charge in [0, 0.05) is 6.04 Å². The van der Waals surface area contributed by atoms with E-state index in [1.807, 2.05) is 0 Å². The lowest BCUT2D eigenvalue weighted by molar-refractivity contribution is -0.137. The van der Waals surface area contributed by atoms with Crippen LogP contribution in [0.1, 0.15) is 24.0 Å². The SMILES string of the molecule is FC(F)(F)c1cccc(CCNC2CC2)c1. The summed E-state index contributed by atoms with van der Waals surface area (Å²) in [5.41, 5.74) is 0.180. The first-order chi connectivity index (χ1) is 7.55. The molecular formula is C12H14F3N. The Labute approximate surface area is 92.7 Å². The van der Waals surface area contributed by atoms with Crippen LogP contribution in [-0.4, -0.2) is 12.6 Å². The van der Waals surface area contributed by atoms with Gasteiger partial charge in [0.15, 0.2) is 0 Å². The van der Waals surface area contributed by atoms with Crippen LogP contribution in [0.4, 0.5) is 13.2 Å². The van der Waals surface area contributed by atoms with Crippen molar-refractivity contribution in [1.82, 2.24) is 5.32 Å². The van der Waals surface area contributed by atoms with Crippen molar-refractivity contribution in [3.63, 3.8) is 0 Å². The van der Waals surface area contributed by atoms with Gasteiger partial charge in [0.05, 0.1) is 5.56 Å². The zero-order valence-corrected chi connectivity index (χ0v) is 8.85. The van der Waals surface area contributed by atoms with E-state index in [1.165, 1.54) is 25.0 Å². The second kappa shape index (κ2) is 4.45. The highest BCUT2D eigenvalue weighted by Crippen LogP contribution is 2.29. The van der Waals surface area contributed by atoms with Crippen molar-refractivity contribution in [2.45, 2.75) is 31.5 Å². The molecule has 0 amide bonds. The minimum absolute atomic E-state index is 0.559. The molecule has 1 aliphatic carbocycles. The maximum absolute atomic E-state index is 12.4. The van der Waals surface area contributed by atoms with Crippen LogP contribution in [0.5, 0.6) is 0 Å². The highest BCUT2D eigenvalue weighted by molar-refractivity contribution is 5.25. The van der Waals surface area contributed by atoms with E-state index in [0.717, 1.165) is 18.2 Å². The van der Waals surface area contributed by atoms with Crippen LogP contribution < -0.4 is 5.32 Å². The van der Waals surface area contributed by atoms with Gasteiger partial charge in [-0.3, -0.25) is 0 Å². The Kier molecular flexibility index (Phi) is 3.19. The van der Waals surface area contributed by atoms with Crippen LogP contribution >= 0.6 is 0 Å². The number of hydrogen-bond acceptors (Lipinski definition) is 1. The zero-order chi connectivity index (χ0) is 11.6. The van der Waals surface area contributed by atoms with Crippen molar-refractivity contribution in [1.29, 1.82) is 0 Å². The summed E-state index contributed by atoms with van der Waals surface area (Å²) in [6.07, 6.45) is -1.19. The average molecular weight is 229 g/mol. The normalized spacial score (nSPS) is 16.4. The lowest BCUT2D eigenvalue weighted by Gasteiger charge is -2.08. The van der Waals surface area contributed by atoms with Gasteiger partial charge in [-0.25, -0.2) is 0 Å². The molecule has 0 radical (unpaired) electrons. The van der Waals surface area contributed by atoms with Gasteiger partial charge in [-0.2, -0.15) is 13.2 Å². The molecule has 16 heavy (non-hydrogen) atoms. The molecule has 0 spiro atoms. The van der Waals surface area contributed by atoms with Gasteiger partial charge in [0.25, 0.3) is 0 Å². The Hall–Kier alpha value is -1.03. The van der Waals surface area contributed by atoms with Gasteiger partial charge < -0.3 is 5.32 Å². The molecule has 2 rings (SSSR count). The van der Waals surface area contributed by atoms with Gasteiger partial charge in [-0.05, 0) is 37.4 Å². The van der Waals surface area contributed by atoms with Gasteiger partial charge in [-0.15, -0.1) is 0 Å². The van der Waals surface area contributed by atoms with Crippen molar-refractivity contribution < 1.29 is 13.2 Å². The molecule has 1 nitrogen and oxygen atoms in total. The molecule has 0 unspecified atom stereocenters. The first kappa shape index (κ1) is 11.5. The fourth-order valence-electron chi connectivity index (χ4n) is 1.61. The van der Waals surface area contributed by atoms with Crippen LogP contribution in [-0.2, 0) is 12.6 Å². The summed E-state index contributed by atoms with van der Waals surface area (Å²) >= 11 is 0. The molecule has 1 aromatic rings. The minimum Gasteiger partial charge on any atom is -0.314 e. The maximum atomic E-state index is 12.4. The van der Waals surface area contributed by atoms with Gasteiger partial charge in [-0.1, -0.05) is 18.2 Å². The fourth-order valence-corrected chi connectivity index (χ4v) is 1.61. The highest BCUT2D eigenvalue weighted by Gasteiger charge is 2.30. The van der Waals surface area contributed by atoms with Crippen molar-refractivity contribution >= 4 is 0 Å². The molecular weight excluding hydrogens is 215 g/mol. The number of rotatable bonds is 4. The molecule has 1 aliphatic rings. The molecule has 4 heteroatoms. The average Bonchev–Trinajstić information content (AvgIpc) is 3.01. The Morgan fingerprint density at radius 2 is 2.00 bits per heavy atom. The van der Waals surface area contributed by atoms with Crippen LogP contribution in [0.3, 0.4) is 0 Å². The molecule has 0 bridgehead atoms. The monoisotopic (exact) mass is 229 g/mol. The lowest BCUT2D eigenvalue weighted by atomic mass is 10.1. The number of halogens is 3. The van der Waals surface area contributed by atoms with E-state index in [4.69, 9.17) is 0 Å². The summed E-state index contributed by atoms with van der Waals surface area (Å²) in [4.78, 5) is 0. The van der Waals surface area contributed by atoms with Crippen molar-refractivity contribution in [3.05, 3.63) is 35.4 Å². The number of alkyl halides is 3. The molecule has 1 aromatic carbocycles. The summed E-state index contributed by atoms with van der Waals surface area (Å²) in [6.45, 7) is 0.756. The first-order valence-corrected chi connectivity index (χ1v) is 5.45. The topological polar surface area (TPSA) is 12.0 Å². The molecule has 0 heterocycles.